The Labute approximate surface area is 108 Å². The maximum atomic E-state index is 11.4. The lowest BCUT2D eigenvalue weighted by Crippen LogP contribution is -2.22. The first kappa shape index (κ1) is 14.5. The molecular formula is C14H21NO3. The molecule has 0 amide bonds. The number of methoxy groups -OCH3 is 2. The third kappa shape index (κ3) is 3.47. The van der Waals surface area contributed by atoms with Crippen LogP contribution < -0.4 is 9.47 Å². The van der Waals surface area contributed by atoms with Crippen LogP contribution in [0.5, 0.6) is 11.5 Å². The van der Waals surface area contributed by atoms with Crippen LogP contribution in [-0.4, -0.2) is 39.0 Å². The van der Waals surface area contributed by atoms with Crippen molar-refractivity contribution in [1.29, 1.82) is 0 Å². The molecule has 1 aromatic carbocycles. The molecule has 100 valence electrons. The average molecular weight is 251 g/mol. The highest BCUT2D eigenvalue weighted by molar-refractivity contribution is 5.76. The van der Waals surface area contributed by atoms with E-state index >= 15 is 0 Å². The normalized spacial score (nSPS) is 12.3. The molecule has 0 radical (unpaired) electrons. The van der Waals surface area contributed by atoms with Gasteiger partial charge in [-0.1, -0.05) is 6.07 Å². The van der Waals surface area contributed by atoms with Crippen LogP contribution in [0, 0.1) is 0 Å². The smallest absolute Gasteiger partial charge is 0.131 e. The maximum Gasteiger partial charge on any atom is 0.131 e. The lowest BCUT2D eigenvalue weighted by molar-refractivity contribution is -0.118. The van der Waals surface area contributed by atoms with Gasteiger partial charge in [-0.3, -0.25) is 4.79 Å². The molecule has 0 aliphatic carbocycles. The van der Waals surface area contributed by atoms with Gasteiger partial charge in [0.25, 0.3) is 0 Å². The number of Topliss-reactive ketones (excluding diaryl/α,β-unsaturated/α-hetero) is 1. The van der Waals surface area contributed by atoms with Gasteiger partial charge in [-0.05, 0) is 27.1 Å². The van der Waals surface area contributed by atoms with Gasteiger partial charge < -0.3 is 14.4 Å². The molecule has 0 aromatic heterocycles. The highest BCUT2D eigenvalue weighted by Gasteiger charge is 2.20. The molecule has 0 heterocycles. The second-order valence-corrected chi connectivity index (χ2v) is 4.49. The summed E-state index contributed by atoms with van der Waals surface area (Å²) in [4.78, 5) is 13.4. The van der Waals surface area contributed by atoms with E-state index in [9.17, 15) is 4.79 Å². The van der Waals surface area contributed by atoms with Gasteiger partial charge in [0.2, 0.25) is 0 Å². The number of hydrogen-bond donors (Lipinski definition) is 0. The minimum absolute atomic E-state index is 0.0170. The first-order chi connectivity index (χ1) is 8.49. The van der Waals surface area contributed by atoms with Crippen molar-refractivity contribution in [2.45, 2.75) is 19.4 Å². The summed E-state index contributed by atoms with van der Waals surface area (Å²) in [6.45, 7) is 1.60. The quantitative estimate of drug-likeness (QED) is 0.777. The molecule has 4 heteroatoms. The SMILES string of the molecule is COc1ccc(C(CC(C)=O)N(C)C)c(OC)c1. The molecule has 4 nitrogen and oxygen atoms in total. The van der Waals surface area contributed by atoms with Crippen LogP contribution in [0.15, 0.2) is 18.2 Å². The molecule has 1 rings (SSSR count). The first-order valence-electron chi connectivity index (χ1n) is 5.87. The summed E-state index contributed by atoms with van der Waals surface area (Å²) in [5.41, 5.74) is 0.999. The molecule has 1 atom stereocenters. The molecule has 0 saturated carbocycles. The van der Waals surface area contributed by atoms with Gasteiger partial charge >= 0.3 is 0 Å². The topological polar surface area (TPSA) is 38.8 Å². The molecule has 1 unspecified atom stereocenters. The number of ether oxygens (including phenoxy) is 2. The van der Waals surface area contributed by atoms with Crippen molar-refractivity contribution in [3.63, 3.8) is 0 Å². The molecule has 1 aromatic rings. The fourth-order valence-electron chi connectivity index (χ4n) is 1.94. The standard InChI is InChI=1S/C14H21NO3/c1-10(16)8-13(15(2)3)12-7-6-11(17-4)9-14(12)18-5/h6-7,9,13H,8H2,1-5H3. The molecular weight excluding hydrogens is 230 g/mol. The third-order valence-corrected chi connectivity index (χ3v) is 2.90. The van der Waals surface area contributed by atoms with Gasteiger partial charge in [-0.2, -0.15) is 0 Å². The molecule has 0 aliphatic rings. The van der Waals surface area contributed by atoms with Crippen LogP contribution >= 0.6 is 0 Å². The first-order valence-corrected chi connectivity index (χ1v) is 5.87. The third-order valence-electron chi connectivity index (χ3n) is 2.90. The summed E-state index contributed by atoms with van der Waals surface area (Å²) in [6, 6.07) is 5.69. The van der Waals surface area contributed by atoms with E-state index in [0.717, 1.165) is 17.1 Å². The number of carbonyl (C=O) groups excluding carboxylic acids is 1. The number of hydrogen-bond acceptors (Lipinski definition) is 4. The van der Waals surface area contributed by atoms with Crippen LogP contribution in [0.2, 0.25) is 0 Å². The Morgan fingerprint density at radius 2 is 1.94 bits per heavy atom. The monoisotopic (exact) mass is 251 g/mol. The van der Waals surface area contributed by atoms with Crippen molar-refractivity contribution in [2.24, 2.45) is 0 Å². The summed E-state index contributed by atoms with van der Waals surface area (Å²) in [5.74, 6) is 1.65. The van der Waals surface area contributed by atoms with E-state index in [1.54, 1.807) is 21.1 Å². The van der Waals surface area contributed by atoms with E-state index in [1.165, 1.54) is 0 Å². The Hall–Kier alpha value is -1.55. The Morgan fingerprint density at radius 3 is 2.39 bits per heavy atom. The van der Waals surface area contributed by atoms with Crippen molar-refractivity contribution in [2.75, 3.05) is 28.3 Å². The summed E-state index contributed by atoms with van der Waals surface area (Å²) in [7, 11) is 7.15. The van der Waals surface area contributed by atoms with E-state index in [2.05, 4.69) is 0 Å². The predicted molar refractivity (Wildman–Crippen MR) is 71.3 cm³/mol. The van der Waals surface area contributed by atoms with Gasteiger partial charge in [0, 0.05) is 24.1 Å². The van der Waals surface area contributed by atoms with Crippen molar-refractivity contribution < 1.29 is 14.3 Å². The van der Waals surface area contributed by atoms with Gasteiger partial charge in [0.05, 0.1) is 14.2 Å². The van der Waals surface area contributed by atoms with E-state index in [1.807, 2.05) is 37.2 Å². The molecule has 0 fully saturated rings. The van der Waals surface area contributed by atoms with E-state index < -0.39 is 0 Å². The van der Waals surface area contributed by atoms with Crippen molar-refractivity contribution in [1.82, 2.24) is 4.90 Å². The number of ketones is 1. The minimum atomic E-state index is 0.0170. The van der Waals surface area contributed by atoms with Crippen LogP contribution in [0.1, 0.15) is 24.9 Å². The van der Waals surface area contributed by atoms with Crippen molar-refractivity contribution in [3.05, 3.63) is 23.8 Å². The maximum absolute atomic E-state index is 11.4. The number of carbonyl (C=O) groups is 1. The Kier molecular flexibility index (Phi) is 5.16. The average Bonchev–Trinajstić information content (AvgIpc) is 2.34. The Balaban J connectivity index is 3.14. The minimum Gasteiger partial charge on any atom is -0.497 e. The largest absolute Gasteiger partial charge is 0.497 e. The van der Waals surface area contributed by atoms with E-state index in [0.29, 0.717) is 6.42 Å². The fourth-order valence-corrected chi connectivity index (χ4v) is 1.94. The molecule has 0 spiro atoms. The van der Waals surface area contributed by atoms with Gasteiger partial charge in [-0.15, -0.1) is 0 Å². The summed E-state index contributed by atoms with van der Waals surface area (Å²) in [5, 5.41) is 0. The van der Waals surface area contributed by atoms with Crippen molar-refractivity contribution >= 4 is 5.78 Å². The Morgan fingerprint density at radius 1 is 1.28 bits per heavy atom. The van der Waals surface area contributed by atoms with Crippen LogP contribution in [-0.2, 0) is 4.79 Å². The number of benzene rings is 1. The molecule has 18 heavy (non-hydrogen) atoms. The van der Waals surface area contributed by atoms with Crippen LogP contribution in [0.25, 0.3) is 0 Å². The van der Waals surface area contributed by atoms with Crippen LogP contribution in [0.4, 0.5) is 0 Å². The highest BCUT2D eigenvalue weighted by atomic mass is 16.5. The zero-order valence-electron chi connectivity index (χ0n) is 11.7. The highest BCUT2D eigenvalue weighted by Crippen LogP contribution is 2.33. The number of nitrogens with zero attached hydrogens (tertiary/aromatic N) is 1. The van der Waals surface area contributed by atoms with Gasteiger partial charge in [-0.25, -0.2) is 0 Å². The predicted octanol–water partition coefficient (Wildman–Crippen LogP) is 2.29. The molecule has 0 bridgehead atoms. The van der Waals surface area contributed by atoms with Gasteiger partial charge in [0.1, 0.15) is 17.3 Å². The van der Waals surface area contributed by atoms with Crippen LogP contribution in [0.3, 0.4) is 0 Å². The second kappa shape index (κ2) is 6.40. The zero-order valence-corrected chi connectivity index (χ0v) is 11.7. The van der Waals surface area contributed by atoms with Crippen molar-refractivity contribution in [3.8, 4) is 11.5 Å². The second-order valence-electron chi connectivity index (χ2n) is 4.49. The fraction of sp³-hybridized carbons (Fsp3) is 0.500. The lowest BCUT2D eigenvalue weighted by atomic mass is 9.99. The van der Waals surface area contributed by atoms with E-state index in [4.69, 9.17) is 9.47 Å². The molecule has 0 N–H and O–H groups in total. The summed E-state index contributed by atoms with van der Waals surface area (Å²) >= 11 is 0. The van der Waals surface area contributed by atoms with Gasteiger partial charge in [0.15, 0.2) is 0 Å². The summed E-state index contributed by atoms with van der Waals surface area (Å²) in [6.07, 6.45) is 0.468. The number of rotatable bonds is 6. The summed E-state index contributed by atoms with van der Waals surface area (Å²) < 4.78 is 10.6. The zero-order chi connectivity index (χ0) is 13.7. The molecule has 0 aliphatic heterocycles. The Bertz CT molecular complexity index is 416. The van der Waals surface area contributed by atoms with E-state index in [-0.39, 0.29) is 11.8 Å². The molecule has 0 saturated heterocycles. The lowest BCUT2D eigenvalue weighted by Gasteiger charge is -2.25.